The Labute approximate surface area is 148 Å². The van der Waals surface area contributed by atoms with Gasteiger partial charge in [-0.1, -0.05) is 6.07 Å². The quantitative estimate of drug-likeness (QED) is 0.593. The number of aromatic amines is 1. The molecule has 26 heavy (non-hydrogen) atoms. The summed E-state index contributed by atoms with van der Waals surface area (Å²) in [6.45, 7) is 4.13. The zero-order chi connectivity index (χ0) is 18.3. The van der Waals surface area contributed by atoms with Crippen molar-refractivity contribution >= 4 is 28.0 Å². The fourth-order valence-corrected chi connectivity index (χ4v) is 2.77. The molecule has 0 radical (unpaired) electrons. The van der Waals surface area contributed by atoms with Crippen LogP contribution in [-0.4, -0.2) is 20.9 Å². The smallest absolute Gasteiger partial charge is 0.408 e. The molecule has 1 amide bonds. The Morgan fingerprint density at radius 3 is 2.65 bits per heavy atom. The van der Waals surface area contributed by atoms with E-state index in [1.165, 1.54) is 0 Å². The van der Waals surface area contributed by atoms with Crippen molar-refractivity contribution in [3.63, 3.8) is 0 Å². The van der Waals surface area contributed by atoms with E-state index in [9.17, 15) is 9.59 Å². The Morgan fingerprint density at radius 2 is 1.85 bits per heavy atom. The van der Waals surface area contributed by atoms with E-state index in [1.54, 1.807) is 36.4 Å². The highest BCUT2D eigenvalue weighted by Gasteiger charge is 2.09. The zero-order valence-corrected chi connectivity index (χ0v) is 14.3. The minimum atomic E-state index is -0.496. The lowest BCUT2D eigenvalue weighted by Gasteiger charge is -2.07. The second kappa shape index (κ2) is 6.11. The molecule has 2 heterocycles. The molecular weight excluding hydrogens is 332 g/mol. The van der Waals surface area contributed by atoms with Crippen LogP contribution in [-0.2, 0) is 6.54 Å². The fourth-order valence-electron chi connectivity index (χ4n) is 2.77. The molecule has 2 N–H and O–H groups in total. The Bertz CT molecular complexity index is 1210. The number of amides is 1. The van der Waals surface area contributed by atoms with Gasteiger partial charge in [-0.15, -0.1) is 0 Å². The number of fused-ring (bicyclic) bond motifs is 2. The highest BCUT2D eigenvalue weighted by Crippen LogP contribution is 2.15. The summed E-state index contributed by atoms with van der Waals surface area (Å²) in [5, 5.41) is 2.87. The molecule has 0 saturated heterocycles. The zero-order valence-electron chi connectivity index (χ0n) is 14.3. The minimum absolute atomic E-state index is 0.201. The van der Waals surface area contributed by atoms with Crippen LogP contribution in [0.5, 0.6) is 0 Å². The molecule has 0 aliphatic carbocycles. The maximum Gasteiger partial charge on any atom is 0.417 e. The topological polar surface area (TPSA) is 101 Å². The molecule has 0 unspecified atom stereocenters. The number of hydrogen-bond acceptors (Lipinski definition) is 5. The number of oxazole rings is 1. The lowest BCUT2D eigenvalue weighted by Crippen LogP contribution is -2.22. The molecule has 7 nitrogen and oxygen atoms in total. The Morgan fingerprint density at radius 1 is 1.08 bits per heavy atom. The first-order chi connectivity index (χ1) is 12.5. The predicted molar refractivity (Wildman–Crippen MR) is 97.0 cm³/mol. The maximum atomic E-state index is 12.4. The van der Waals surface area contributed by atoms with Crippen LogP contribution in [0, 0.1) is 13.8 Å². The second-order valence-electron chi connectivity index (χ2n) is 6.13. The van der Waals surface area contributed by atoms with Gasteiger partial charge in [0.15, 0.2) is 5.58 Å². The van der Waals surface area contributed by atoms with Crippen LogP contribution in [0.3, 0.4) is 0 Å². The van der Waals surface area contributed by atoms with Crippen LogP contribution >= 0.6 is 0 Å². The van der Waals surface area contributed by atoms with Gasteiger partial charge >= 0.3 is 5.76 Å². The number of carbonyl (C=O) groups excluding carboxylic acids is 1. The van der Waals surface area contributed by atoms with Crippen LogP contribution in [0.25, 0.3) is 22.1 Å². The van der Waals surface area contributed by atoms with Crippen molar-refractivity contribution in [3.8, 4) is 0 Å². The van der Waals surface area contributed by atoms with Gasteiger partial charge in [0.1, 0.15) is 0 Å². The number of hydrogen-bond donors (Lipinski definition) is 2. The van der Waals surface area contributed by atoms with Crippen LogP contribution in [0.15, 0.2) is 45.6 Å². The number of nitrogens with one attached hydrogen (secondary N) is 2. The van der Waals surface area contributed by atoms with Crippen LogP contribution in [0.2, 0.25) is 0 Å². The first-order valence-electron chi connectivity index (χ1n) is 8.14. The molecule has 7 heteroatoms. The molecule has 4 rings (SSSR count). The van der Waals surface area contributed by atoms with Crippen LogP contribution in [0.1, 0.15) is 27.3 Å². The third-order valence-corrected chi connectivity index (χ3v) is 4.27. The van der Waals surface area contributed by atoms with E-state index in [4.69, 9.17) is 4.42 Å². The van der Waals surface area contributed by atoms with Gasteiger partial charge in [0, 0.05) is 12.1 Å². The molecular formula is C19H16N4O3. The van der Waals surface area contributed by atoms with Gasteiger partial charge in [-0.25, -0.2) is 14.8 Å². The van der Waals surface area contributed by atoms with Gasteiger partial charge in [-0.3, -0.25) is 9.78 Å². The standard InChI is InChI=1S/C19H16N4O3/c1-10-11(2)22-15-8-13(4-5-14(15)21-10)18(24)20-9-12-3-6-17-16(7-12)23-19(25)26-17/h3-8H,9H2,1-2H3,(H,20,24)(H,23,25). The van der Waals surface area contributed by atoms with Crippen LogP contribution < -0.4 is 11.1 Å². The highest BCUT2D eigenvalue weighted by atomic mass is 16.4. The van der Waals surface area contributed by atoms with Gasteiger partial charge in [0.2, 0.25) is 0 Å². The summed E-state index contributed by atoms with van der Waals surface area (Å²) in [6, 6.07) is 10.5. The second-order valence-corrected chi connectivity index (χ2v) is 6.13. The first-order valence-corrected chi connectivity index (χ1v) is 8.14. The summed E-state index contributed by atoms with van der Waals surface area (Å²) < 4.78 is 4.97. The van der Waals surface area contributed by atoms with Crippen molar-refractivity contribution in [3.05, 3.63) is 69.5 Å². The third kappa shape index (κ3) is 2.95. The summed E-state index contributed by atoms with van der Waals surface area (Å²) in [5.74, 6) is -0.697. The molecule has 0 fully saturated rings. The van der Waals surface area contributed by atoms with E-state index in [2.05, 4.69) is 20.3 Å². The normalized spacial score (nSPS) is 11.2. The van der Waals surface area contributed by atoms with Crippen molar-refractivity contribution in [1.29, 1.82) is 0 Å². The van der Waals surface area contributed by atoms with Crippen molar-refractivity contribution in [2.24, 2.45) is 0 Å². The largest absolute Gasteiger partial charge is 0.417 e. The summed E-state index contributed by atoms with van der Waals surface area (Å²) in [6.07, 6.45) is 0. The van der Waals surface area contributed by atoms with Crippen molar-refractivity contribution in [1.82, 2.24) is 20.3 Å². The molecule has 0 spiro atoms. The van der Waals surface area contributed by atoms with Gasteiger partial charge in [0.25, 0.3) is 5.91 Å². The third-order valence-electron chi connectivity index (χ3n) is 4.27. The maximum absolute atomic E-state index is 12.4. The Hall–Kier alpha value is -3.48. The van der Waals surface area contributed by atoms with E-state index in [-0.39, 0.29) is 5.91 Å². The molecule has 2 aromatic heterocycles. The Balaban J connectivity index is 1.54. The molecule has 0 saturated carbocycles. The molecule has 0 atom stereocenters. The number of aromatic nitrogens is 3. The van der Waals surface area contributed by atoms with E-state index in [0.29, 0.717) is 28.7 Å². The fraction of sp³-hybridized carbons (Fsp3) is 0.158. The molecule has 130 valence electrons. The first kappa shape index (κ1) is 16.0. The number of nitrogens with zero attached hydrogens (tertiary/aromatic N) is 2. The summed E-state index contributed by atoms with van der Waals surface area (Å²) in [4.78, 5) is 35.2. The molecule has 4 aromatic rings. The van der Waals surface area contributed by atoms with Crippen LogP contribution in [0.4, 0.5) is 0 Å². The van der Waals surface area contributed by atoms with Gasteiger partial charge in [-0.05, 0) is 49.7 Å². The molecule has 0 aliphatic heterocycles. The van der Waals surface area contributed by atoms with Gasteiger partial charge in [-0.2, -0.15) is 0 Å². The minimum Gasteiger partial charge on any atom is -0.408 e. The van der Waals surface area contributed by atoms with Crippen molar-refractivity contribution in [2.75, 3.05) is 0 Å². The van der Waals surface area contributed by atoms with Crippen molar-refractivity contribution < 1.29 is 9.21 Å². The van der Waals surface area contributed by atoms with E-state index >= 15 is 0 Å². The highest BCUT2D eigenvalue weighted by molar-refractivity contribution is 5.97. The van der Waals surface area contributed by atoms with E-state index in [1.807, 2.05) is 13.8 Å². The average molecular weight is 348 g/mol. The summed E-state index contributed by atoms with van der Waals surface area (Å²) in [5.41, 5.74) is 5.65. The number of benzene rings is 2. The number of H-pyrrole nitrogens is 1. The number of rotatable bonds is 3. The molecule has 2 aromatic carbocycles. The van der Waals surface area contributed by atoms with Gasteiger partial charge in [0.05, 0.1) is 27.9 Å². The average Bonchev–Trinajstić information content (AvgIpc) is 2.99. The molecule has 0 aliphatic rings. The Kier molecular flexibility index (Phi) is 3.76. The van der Waals surface area contributed by atoms with Gasteiger partial charge < -0.3 is 9.73 Å². The van der Waals surface area contributed by atoms with E-state index in [0.717, 1.165) is 22.5 Å². The monoisotopic (exact) mass is 348 g/mol. The SMILES string of the molecule is Cc1nc2ccc(C(=O)NCc3ccc4oc(=O)[nH]c4c3)cc2nc1C. The predicted octanol–water partition coefficient (Wildman–Crippen LogP) is 2.61. The van der Waals surface area contributed by atoms with Crippen molar-refractivity contribution in [2.45, 2.75) is 20.4 Å². The summed E-state index contributed by atoms with van der Waals surface area (Å²) in [7, 11) is 0. The molecule has 0 bridgehead atoms. The lowest BCUT2D eigenvalue weighted by atomic mass is 10.1. The lowest BCUT2D eigenvalue weighted by molar-refractivity contribution is 0.0951. The van der Waals surface area contributed by atoms with E-state index < -0.39 is 5.76 Å². The summed E-state index contributed by atoms with van der Waals surface area (Å²) >= 11 is 0. The number of carbonyl (C=O) groups is 1. The number of aryl methyl sites for hydroxylation is 2.